The fourth-order valence-corrected chi connectivity index (χ4v) is 3.13. The van der Waals surface area contributed by atoms with E-state index in [2.05, 4.69) is 5.32 Å². The molecule has 1 N–H and O–H groups in total. The van der Waals surface area contributed by atoms with Gasteiger partial charge < -0.3 is 14.8 Å². The van der Waals surface area contributed by atoms with E-state index in [1.165, 1.54) is 6.08 Å². The normalized spacial score (nSPS) is 12.3. The number of carbonyl (C=O) groups is 3. The highest BCUT2D eigenvalue weighted by Gasteiger charge is 2.21. The molecule has 0 aromatic heterocycles. The van der Waals surface area contributed by atoms with Crippen molar-refractivity contribution < 1.29 is 23.9 Å². The van der Waals surface area contributed by atoms with Crippen LogP contribution in [0.1, 0.15) is 31.8 Å². The van der Waals surface area contributed by atoms with E-state index in [9.17, 15) is 14.4 Å². The summed E-state index contributed by atoms with van der Waals surface area (Å²) in [7, 11) is 0. The van der Waals surface area contributed by atoms with Crippen molar-refractivity contribution in [1.29, 1.82) is 0 Å². The minimum atomic E-state index is -0.357. The number of nitrogens with one attached hydrogen (secondary N) is 1. The molecule has 0 fully saturated rings. The van der Waals surface area contributed by atoms with Crippen LogP contribution in [0.2, 0.25) is 0 Å². The van der Waals surface area contributed by atoms with Crippen LogP contribution in [0, 0.1) is 0 Å². The van der Waals surface area contributed by atoms with Crippen molar-refractivity contribution in [3.63, 3.8) is 0 Å². The second-order valence-electron chi connectivity index (χ2n) is 6.92. The number of esters is 1. The number of cyclic esters (lactones) is 1. The third-order valence-corrected chi connectivity index (χ3v) is 4.68. The summed E-state index contributed by atoms with van der Waals surface area (Å²) in [5.41, 5.74) is 3.20. The lowest BCUT2D eigenvalue weighted by Gasteiger charge is -2.09. The molecule has 0 radical (unpaired) electrons. The quantitative estimate of drug-likeness (QED) is 0.355. The maximum atomic E-state index is 12.4. The Kier molecular flexibility index (Phi) is 5.89. The van der Waals surface area contributed by atoms with Gasteiger partial charge in [0.05, 0.1) is 5.56 Å². The molecule has 1 heterocycles. The van der Waals surface area contributed by atoms with Crippen LogP contribution in [0.3, 0.4) is 0 Å². The van der Waals surface area contributed by atoms with Gasteiger partial charge in [0.25, 0.3) is 5.91 Å². The molecule has 1 amide bonds. The number of rotatable bonds is 7. The van der Waals surface area contributed by atoms with E-state index in [-0.39, 0.29) is 30.9 Å². The standard InChI is InChI=1S/C25H19NO5/c27-23(12-9-17-5-2-1-3-6-17)18-7-4-8-21(14-18)30-16-24(28)26-20-10-11-22-19(13-20)15-31-25(22)29/h1-14H,15-16H2,(H,26,28)/b12-9+. The van der Waals surface area contributed by atoms with Gasteiger partial charge in [-0.05, 0) is 42.0 Å². The van der Waals surface area contributed by atoms with Crippen molar-refractivity contribution in [1.82, 2.24) is 0 Å². The van der Waals surface area contributed by atoms with Gasteiger partial charge in [0.1, 0.15) is 12.4 Å². The van der Waals surface area contributed by atoms with Gasteiger partial charge in [0.2, 0.25) is 0 Å². The summed E-state index contributed by atoms with van der Waals surface area (Å²) in [5.74, 6) is -0.453. The molecular formula is C25H19NO5. The monoisotopic (exact) mass is 413 g/mol. The van der Waals surface area contributed by atoms with Crippen LogP contribution in [0.4, 0.5) is 5.69 Å². The van der Waals surface area contributed by atoms with Gasteiger partial charge in [0, 0.05) is 16.8 Å². The summed E-state index contributed by atoms with van der Waals surface area (Å²) in [4.78, 5) is 36.1. The molecule has 0 spiro atoms. The van der Waals surface area contributed by atoms with Crippen LogP contribution in [-0.4, -0.2) is 24.3 Å². The molecule has 0 bridgehead atoms. The van der Waals surface area contributed by atoms with Crippen LogP contribution in [0.15, 0.2) is 78.9 Å². The predicted octanol–water partition coefficient (Wildman–Crippen LogP) is 4.27. The van der Waals surface area contributed by atoms with E-state index < -0.39 is 0 Å². The molecule has 31 heavy (non-hydrogen) atoms. The number of fused-ring (bicyclic) bond motifs is 1. The van der Waals surface area contributed by atoms with Crippen LogP contribution in [0.5, 0.6) is 5.75 Å². The van der Waals surface area contributed by atoms with Gasteiger partial charge in [-0.3, -0.25) is 9.59 Å². The highest BCUT2D eigenvalue weighted by Crippen LogP contribution is 2.23. The Morgan fingerprint density at radius 3 is 2.68 bits per heavy atom. The first-order valence-electron chi connectivity index (χ1n) is 9.69. The second-order valence-corrected chi connectivity index (χ2v) is 6.92. The Morgan fingerprint density at radius 1 is 1.00 bits per heavy atom. The number of hydrogen-bond donors (Lipinski definition) is 1. The first kappa shape index (κ1) is 20.1. The maximum absolute atomic E-state index is 12.4. The molecular weight excluding hydrogens is 394 g/mol. The largest absolute Gasteiger partial charge is 0.484 e. The SMILES string of the molecule is O=C(COc1cccc(C(=O)/C=C/c2ccccc2)c1)Nc1ccc2c(c1)COC2=O. The lowest BCUT2D eigenvalue weighted by molar-refractivity contribution is -0.118. The van der Waals surface area contributed by atoms with E-state index in [0.29, 0.717) is 22.6 Å². The number of benzene rings is 3. The van der Waals surface area contributed by atoms with Crippen molar-refractivity contribution in [2.75, 3.05) is 11.9 Å². The average molecular weight is 413 g/mol. The van der Waals surface area contributed by atoms with Crippen LogP contribution >= 0.6 is 0 Å². The summed E-state index contributed by atoms with van der Waals surface area (Å²) in [6.07, 6.45) is 3.25. The van der Waals surface area contributed by atoms with Crippen molar-refractivity contribution in [2.24, 2.45) is 0 Å². The summed E-state index contributed by atoms with van der Waals surface area (Å²) in [6.45, 7) is -0.0159. The number of ether oxygens (including phenoxy) is 2. The first-order valence-corrected chi connectivity index (χ1v) is 9.69. The molecule has 154 valence electrons. The van der Waals surface area contributed by atoms with Gasteiger partial charge in [0.15, 0.2) is 12.4 Å². The van der Waals surface area contributed by atoms with Crippen LogP contribution in [0.25, 0.3) is 6.08 Å². The molecule has 0 unspecified atom stereocenters. The lowest BCUT2D eigenvalue weighted by Crippen LogP contribution is -2.20. The van der Waals surface area contributed by atoms with Crippen LogP contribution in [-0.2, 0) is 16.1 Å². The Morgan fingerprint density at radius 2 is 1.84 bits per heavy atom. The van der Waals surface area contributed by atoms with Crippen molar-refractivity contribution >= 4 is 29.4 Å². The zero-order valence-electron chi connectivity index (χ0n) is 16.5. The molecule has 4 rings (SSSR count). The minimum Gasteiger partial charge on any atom is -0.484 e. The molecule has 0 saturated carbocycles. The Bertz CT molecular complexity index is 1170. The minimum absolute atomic E-state index is 0.159. The number of allylic oxidation sites excluding steroid dienone is 1. The molecule has 0 atom stereocenters. The molecule has 3 aromatic carbocycles. The number of anilines is 1. The molecule has 6 heteroatoms. The van der Waals surface area contributed by atoms with E-state index in [4.69, 9.17) is 9.47 Å². The highest BCUT2D eigenvalue weighted by atomic mass is 16.5. The topological polar surface area (TPSA) is 81.7 Å². The van der Waals surface area contributed by atoms with Crippen molar-refractivity contribution in [3.05, 3.63) is 101 Å². The fraction of sp³-hybridized carbons (Fsp3) is 0.0800. The zero-order chi connectivity index (χ0) is 21.6. The van der Waals surface area contributed by atoms with E-state index in [1.54, 1.807) is 48.5 Å². The molecule has 1 aliphatic rings. The highest BCUT2D eigenvalue weighted by molar-refractivity contribution is 6.07. The Hall–Kier alpha value is -4.19. The van der Waals surface area contributed by atoms with Gasteiger partial charge in [-0.25, -0.2) is 4.79 Å². The molecule has 0 saturated heterocycles. The maximum Gasteiger partial charge on any atom is 0.338 e. The Balaban J connectivity index is 1.33. The van der Waals surface area contributed by atoms with Crippen molar-refractivity contribution in [2.45, 2.75) is 6.61 Å². The fourth-order valence-electron chi connectivity index (χ4n) is 3.13. The predicted molar refractivity (Wildman–Crippen MR) is 116 cm³/mol. The summed E-state index contributed by atoms with van der Waals surface area (Å²) in [5, 5.41) is 2.72. The second kappa shape index (κ2) is 9.09. The Labute approximate surface area is 179 Å². The third-order valence-electron chi connectivity index (χ3n) is 4.68. The average Bonchev–Trinajstić information content (AvgIpc) is 3.17. The smallest absolute Gasteiger partial charge is 0.338 e. The number of carbonyl (C=O) groups excluding carboxylic acids is 3. The molecule has 1 aliphatic heterocycles. The van der Waals surface area contributed by atoms with Gasteiger partial charge >= 0.3 is 5.97 Å². The summed E-state index contributed by atoms with van der Waals surface area (Å²) >= 11 is 0. The van der Waals surface area contributed by atoms with Gasteiger partial charge in [-0.15, -0.1) is 0 Å². The van der Waals surface area contributed by atoms with Gasteiger partial charge in [-0.2, -0.15) is 0 Å². The van der Waals surface area contributed by atoms with E-state index >= 15 is 0 Å². The summed E-state index contributed by atoms with van der Waals surface area (Å²) < 4.78 is 10.5. The first-order chi connectivity index (χ1) is 15.1. The van der Waals surface area contributed by atoms with Crippen molar-refractivity contribution in [3.8, 4) is 5.75 Å². The molecule has 3 aromatic rings. The van der Waals surface area contributed by atoms with Crippen LogP contribution < -0.4 is 10.1 Å². The van der Waals surface area contributed by atoms with E-state index in [1.807, 2.05) is 30.3 Å². The lowest BCUT2D eigenvalue weighted by atomic mass is 10.1. The van der Waals surface area contributed by atoms with E-state index in [0.717, 1.165) is 11.1 Å². The number of ketones is 1. The number of hydrogen-bond acceptors (Lipinski definition) is 5. The molecule has 6 nitrogen and oxygen atoms in total. The third kappa shape index (κ3) is 5.05. The number of amides is 1. The summed E-state index contributed by atoms with van der Waals surface area (Å²) in [6, 6.07) is 21.2. The van der Waals surface area contributed by atoms with Gasteiger partial charge in [-0.1, -0.05) is 48.5 Å². The zero-order valence-corrected chi connectivity index (χ0v) is 16.5. The molecule has 0 aliphatic carbocycles.